The largest absolute Gasteiger partial charge is 0.368 e. The summed E-state index contributed by atoms with van der Waals surface area (Å²) in [6.45, 7) is -0.101. The molecule has 0 aliphatic carbocycles. The number of nitrogens with zero attached hydrogens (tertiary/aromatic N) is 1. The number of carbonyl (C=O) groups excluding carboxylic acids is 2. The molecule has 2 amide bonds. The number of amides is 2. The highest BCUT2D eigenvalue weighted by molar-refractivity contribution is 5.96. The summed E-state index contributed by atoms with van der Waals surface area (Å²) >= 11 is 0. The Morgan fingerprint density at radius 2 is 2.11 bits per heavy atom. The molecule has 4 N–H and O–H groups in total. The van der Waals surface area contributed by atoms with E-state index in [2.05, 4.69) is 11.8 Å². The van der Waals surface area contributed by atoms with E-state index >= 15 is 0 Å². The van der Waals surface area contributed by atoms with Gasteiger partial charge >= 0.3 is 0 Å². The SMILES string of the molecule is CN(CC(N)=O)C(=O)c1ccc(C#CCN)c(F)c1. The quantitative estimate of drug-likeness (QED) is 0.733. The average Bonchev–Trinajstić information content (AvgIpc) is 2.35. The van der Waals surface area contributed by atoms with Crippen LogP contribution in [0.2, 0.25) is 0 Å². The summed E-state index contributed by atoms with van der Waals surface area (Å²) in [5, 5.41) is 0. The van der Waals surface area contributed by atoms with Gasteiger partial charge in [0.25, 0.3) is 5.91 Å². The maximum absolute atomic E-state index is 13.7. The van der Waals surface area contributed by atoms with Crippen LogP contribution in [-0.2, 0) is 4.79 Å². The number of carbonyl (C=O) groups is 2. The third-order valence-corrected chi connectivity index (χ3v) is 2.28. The summed E-state index contributed by atoms with van der Waals surface area (Å²) in [6, 6.07) is 3.90. The van der Waals surface area contributed by atoms with Crippen molar-refractivity contribution in [3.05, 3.63) is 35.1 Å². The lowest BCUT2D eigenvalue weighted by atomic mass is 10.1. The fourth-order valence-electron chi connectivity index (χ4n) is 1.42. The molecule has 0 saturated carbocycles. The maximum Gasteiger partial charge on any atom is 0.254 e. The van der Waals surface area contributed by atoms with Gasteiger partial charge in [-0.25, -0.2) is 4.39 Å². The van der Waals surface area contributed by atoms with E-state index < -0.39 is 17.6 Å². The van der Waals surface area contributed by atoms with Crippen molar-refractivity contribution in [2.24, 2.45) is 11.5 Å². The number of benzene rings is 1. The predicted molar refractivity (Wildman–Crippen MR) is 68.5 cm³/mol. The van der Waals surface area contributed by atoms with E-state index in [4.69, 9.17) is 11.5 Å². The molecule has 0 atom stereocenters. The van der Waals surface area contributed by atoms with Gasteiger partial charge in [0.15, 0.2) is 0 Å². The zero-order chi connectivity index (χ0) is 14.4. The van der Waals surface area contributed by atoms with Crippen LogP contribution < -0.4 is 11.5 Å². The Morgan fingerprint density at radius 1 is 1.42 bits per heavy atom. The van der Waals surface area contributed by atoms with Crippen LogP contribution in [-0.4, -0.2) is 36.9 Å². The summed E-state index contributed by atoms with van der Waals surface area (Å²) < 4.78 is 13.7. The van der Waals surface area contributed by atoms with Crippen molar-refractivity contribution in [3.8, 4) is 11.8 Å². The Labute approximate surface area is 110 Å². The second-order valence-corrected chi connectivity index (χ2v) is 3.83. The first-order valence-corrected chi connectivity index (χ1v) is 5.48. The first kappa shape index (κ1) is 14.7. The van der Waals surface area contributed by atoms with Gasteiger partial charge < -0.3 is 16.4 Å². The Kier molecular flexibility index (Phi) is 5.03. The van der Waals surface area contributed by atoms with Crippen LogP contribution in [0.5, 0.6) is 0 Å². The van der Waals surface area contributed by atoms with E-state index in [0.717, 1.165) is 11.0 Å². The van der Waals surface area contributed by atoms with Gasteiger partial charge in [0, 0.05) is 12.6 Å². The van der Waals surface area contributed by atoms with Gasteiger partial charge in [-0.2, -0.15) is 0 Å². The Hall–Kier alpha value is -2.39. The van der Waals surface area contributed by atoms with Crippen molar-refractivity contribution in [1.29, 1.82) is 0 Å². The normalized spacial score (nSPS) is 9.42. The lowest BCUT2D eigenvalue weighted by molar-refractivity contribution is -0.118. The minimum Gasteiger partial charge on any atom is -0.368 e. The number of hydrogen-bond donors (Lipinski definition) is 2. The minimum atomic E-state index is -0.637. The minimum absolute atomic E-state index is 0.125. The van der Waals surface area contributed by atoms with Gasteiger partial charge in [-0.05, 0) is 18.2 Å². The van der Waals surface area contributed by atoms with E-state index in [1.807, 2.05) is 0 Å². The maximum atomic E-state index is 13.7. The average molecular weight is 263 g/mol. The lowest BCUT2D eigenvalue weighted by Gasteiger charge is -2.15. The van der Waals surface area contributed by atoms with E-state index in [1.165, 1.54) is 19.2 Å². The molecule has 0 spiro atoms. The highest BCUT2D eigenvalue weighted by Gasteiger charge is 2.14. The van der Waals surface area contributed by atoms with Crippen LogP contribution in [0.1, 0.15) is 15.9 Å². The second kappa shape index (κ2) is 6.52. The van der Waals surface area contributed by atoms with Crippen LogP contribution in [0.4, 0.5) is 4.39 Å². The van der Waals surface area contributed by atoms with E-state index in [9.17, 15) is 14.0 Å². The van der Waals surface area contributed by atoms with Gasteiger partial charge in [0.1, 0.15) is 5.82 Å². The standard InChI is InChI=1S/C13H14FN3O2/c1-17(8-12(16)18)13(19)10-5-4-9(3-2-6-15)11(14)7-10/h4-5,7H,6,8,15H2,1H3,(H2,16,18). The lowest BCUT2D eigenvalue weighted by Crippen LogP contribution is -2.35. The van der Waals surface area contributed by atoms with Crippen LogP contribution >= 0.6 is 0 Å². The molecule has 0 heterocycles. The molecule has 0 saturated heterocycles. The van der Waals surface area contributed by atoms with Crippen LogP contribution in [0.25, 0.3) is 0 Å². The summed E-state index contributed by atoms with van der Waals surface area (Å²) in [5.74, 6) is 3.34. The topological polar surface area (TPSA) is 89.4 Å². The fourth-order valence-corrected chi connectivity index (χ4v) is 1.42. The van der Waals surface area contributed by atoms with Crippen molar-refractivity contribution >= 4 is 11.8 Å². The molecule has 0 aliphatic rings. The summed E-state index contributed by atoms with van der Waals surface area (Å²) in [4.78, 5) is 23.7. The molecule has 0 fully saturated rings. The first-order valence-electron chi connectivity index (χ1n) is 5.48. The molecule has 5 nitrogen and oxygen atoms in total. The van der Waals surface area contributed by atoms with Crippen molar-refractivity contribution in [1.82, 2.24) is 4.90 Å². The van der Waals surface area contributed by atoms with E-state index in [1.54, 1.807) is 0 Å². The Morgan fingerprint density at radius 3 is 2.63 bits per heavy atom. The third kappa shape index (κ3) is 4.08. The zero-order valence-corrected chi connectivity index (χ0v) is 10.4. The Balaban J connectivity index is 2.94. The van der Waals surface area contributed by atoms with Gasteiger partial charge in [-0.15, -0.1) is 0 Å². The number of rotatable bonds is 3. The molecule has 0 bridgehead atoms. The van der Waals surface area contributed by atoms with Crippen LogP contribution in [0.15, 0.2) is 18.2 Å². The van der Waals surface area contributed by atoms with Crippen molar-refractivity contribution in [3.63, 3.8) is 0 Å². The molecular weight excluding hydrogens is 249 g/mol. The predicted octanol–water partition coefficient (Wildman–Crippen LogP) is -0.307. The first-order chi connectivity index (χ1) is 8.95. The van der Waals surface area contributed by atoms with Crippen molar-refractivity contribution in [2.75, 3.05) is 20.1 Å². The highest BCUT2D eigenvalue weighted by Crippen LogP contribution is 2.11. The van der Waals surface area contributed by atoms with Gasteiger partial charge in [-0.3, -0.25) is 9.59 Å². The molecular formula is C13H14FN3O2. The molecule has 0 radical (unpaired) electrons. The third-order valence-electron chi connectivity index (χ3n) is 2.28. The molecule has 1 aromatic carbocycles. The van der Waals surface area contributed by atoms with Gasteiger partial charge in [0.05, 0.1) is 18.7 Å². The Bertz CT molecular complexity index is 561. The number of primary amides is 1. The molecule has 19 heavy (non-hydrogen) atoms. The van der Waals surface area contributed by atoms with Crippen LogP contribution in [0.3, 0.4) is 0 Å². The molecule has 1 rings (SSSR count). The van der Waals surface area contributed by atoms with Gasteiger partial charge in [0.2, 0.25) is 5.91 Å². The van der Waals surface area contributed by atoms with Gasteiger partial charge in [-0.1, -0.05) is 11.8 Å². The molecule has 0 aliphatic heterocycles. The molecule has 1 aromatic rings. The smallest absolute Gasteiger partial charge is 0.254 e. The van der Waals surface area contributed by atoms with E-state index in [-0.39, 0.29) is 24.2 Å². The monoisotopic (exact) mass is 263 g/mol. The number of hydrogen-bond acceptors (Lipinski definition) is 3. The second-order valence-electron chi connectivity index (χ2n) is 3.83. The molecule has 0 aromatic heterocycles. The highest BCUT2D eigenvalue weighted by atomic mass is 19.1. The number of halogens is 1. The molecule has 6 heteroatoms. The zero-order valence-electron chi connectivity index (χ0n) is 10.4. The summed E-state index contributed by atoms with van der Waals surface area (Å²) in [7, 11) is 1.41. The van der Waals surface area contributed by atoms with Crippen molar-refractivity contribution in [2.45, 2.75) is 0 Å². The fraction of sp³-hybridized carbons (Fsp3) is 0.231. The molecule has 0 unspecified atom stereocenters. The number of likely N-dealkylation sites (N-methyl/N-ethyl adjacent to an activating group) is 1. The number of nitrogens with two attached hydrogens (primary N) is 2. The summed E-state index contributed by atoms with van der Waals surface area (Å²) in [6.07, 6.45) is 0. The summed E-state index contributed by atoms with van der Waals surface area (Å²) in [5.41, 5.74) is 10.5. The van der Waals surface area contributed by atoms with E-state index in [0.29, 0.717) is 0 Å². The van der Waals surface area contributed by atoms with Crippen molar-refractivity contribution < 1.29 is 14.0 Å². The van der Waals surface area contributed by atoms with Crippen LogP contribution in [0, 0.1) is 17.7 Å². The molecule has 100 valence electrons.